The Kier molecular flexibility index (Phi) is 1.95. The molecular formula is C5H9N3O3. The van der Waals surface area contributed by atoms with E-state index in [-0.39, 0.29) is 5.91 Å². The van der Waals surface area contributed by atoms with Crippen molar-refractivity contribution in [2.24, 2.45) is 5.84 Å². The molecule has 0 unspecified atom stereocenters. The summed E-state index contributed by atoms with van der Waals surface area (Å²) in [7, 11) is 0. The third-order valence-corrected chi connectivity index (χ3v) is 1.58. The van der Waals surface area contributed by atoms with Gasteiger partial charge in [-0.05, 0) is 6.42 Å². The first kappa shape index (κ1) is 7.80. The second-order valence-electron chi connectivity index (χ2n) is 2.29. The minimum atomic E-state index is -1.29. The van der Waals surface area contributed by atoms with Gasteiger partial charge in [-0.15, -0.1) is 0 Å². The largest absolute Gasteiger partial charge is 0.464 e. The molecule has 0 spiro atoms. The van der Waals surface area contributed by atoms with Crippen molar-refractivity contribution >= 4 is 12.0 Å². The van der Waals surface area contributed by atoms with E-state index in [1.54, 1.807) is 0 Å². The first-order valence-electron chi connectivity index (χ1n) is 3.17. The lowest BCUT2D eigenvalue weighted by Gasteiger charge is -2.16. The number of hydrogen-bond acceptors (Lipinski definition) is 3. The molecule has 1 aliphatic rings. The molecule has 4 N–H and O–H groups in total. The predicted molar refractivity (Wildman–Crippen MR) is 35.5 cm³/mol. The molecule has 6 heteroatoms. The van der Waals surface area contributed by atoms with E-state index in [9.17, 15) is 9.59 Å². The normalized spacial score (nSPS) is 23.0. The van der Waals surface area contributed by atoms with Gasteiger partial charge in [0.15, 0.2) is 0 Å². The molecule has 1 rings (SSSR count). The molecular weight excluding hydrogens is 150 g/mol. The summed E-state index contributed by atoms with van der Waals surface area (Å²) in [6, 6.07) is -0.715. The van der Waals surface area contributed by atoms with Crippen LogP contribution >= 0.6 is 0 Å². The van der Waals surface area contributed by atoms with Gasteiger partial charge in [0.1, 0.15) is 6.04 Å². The molecule has 0 saturated carbocycles. The molecule has 1 atom stereocenters. The van der Waals surface area contributed by atoms with Crippen molar-refractivity contribution in [3.8, 4) is 0 Å². The molecule has 6 nitrogen and oxygen atoms in total. The summed E-state index contributed by atoms with van der Waals surface area (Å²) in [6.07, 6.45) is -0.839. The molecule has 0 aromatic rings. The van der Waals surface area contributed by atoms with Crippen molar-refractivity contribution in [1.82, 2.24) is 10.3 Å². The first-order valence-corrected chi connectivity index (χ1v) is 3.17. The number of amides is 2. The van der Waals surface area contributed by atoms with Gasteiger partial charge in [0, 0.05) is 6.54 Å². The zero-order valence-electron chi connectivity index (χ0n) is 5.78. The van der Waals surface area contributed by atoms with E-state index in [4.69, 9.17) is 10.9 Å². The quantitative estimate of drug-likeness (QED) is 0.252. The molecule has 0 aromatic heterocycles. The number of nitrogens with two attached hydrogens (primary N) is 1. The third-order valence-electron chi connectivity index (χ3n) is 1.58. The van der Waals surface area contributed by atoms with Gasteiger partial charge in [-0.1, -0.05) is 0 Å². The lowest BCUT2D eigenvalue weighted by Crippen LogP contribution is -2.48. The minimum Gasteiger partial charge on any atom is -0.464 e. The van der Waals surface area contributed by atoms with Crippen LogP contribution in [0.25, 0.3) is 0 Å². The molecule has 1 heterocycles. The zero-order valence-corrected chi connectivity index (χ0v) is 5.78. The van der Waals surface area contributed by atoms with Crippen molar-refractivity contribution in [3.63, 3.8) is 0 Å². The average molecular weight is 159 g/mol. The van der Waals surface area contributed by atoms with Crippen LogP contribution in [0.5, 0.6) is 0 Å². The highest BCUT2D eigenvalue weighted by atomic mass is 16.4. The van der Waals surface area contributed by atoms with Crippen LogP contribution in [-0.2, 0) is 4.79 Å². The molecule has 1 aliphatic heterocycles. The Morgan fingerprint density at radius 1 is 1.82 bits per heavy atom. The number of nitrogens with one attached hydrogen (secondary N) is 1. The highest BCUT2D eigenvalue weighted by molar-refractivity contribution is 5.86. The van der Waals surface area contributed by atoms with Crippen molar-refractivity contribution < 1.29 is 14.7 Å². The molecule has 0 aliphatic carbocycles. The molecule has 2 amide bonds. The van der Waals surface area contributed by atoms with Crippen LogP contribution in [0.2, 0.25) is 0 Å². The maximum atomic E-state index is 10.8. The van der Waals surface area contributed by atoms with E-state index in [1.807, 2.05) is 0 Å². The highest BCUT2D eigenvalue weighted by Gasteiger charge is 2.31. The minimum absolute atomic E-state index is 0.324. The van der Waals surface area contributed by atoms with Gasteiger partial charge in [0.05, 0.1) is 0 Å². The Balaban J connectivity index is 2.59. The summed E-state index contributed by atoms with van der Waals surface area (Å²) in [5, 5.41) is 11.4. The Morgan fingerprint density at radius 2 is 2.45 bits per heavy atom. The molecule has 0 bridgehead atoms. The Labute approximate surface area is 62.9 Å². The molecule has 0 radical (unpaired) electrons. The SMILES string of the molecule is NN(C(=O)O)[C@H]1CCNC1=O. The van der Waals surface area contributed by atoms with Crippen LogP contribution in [0, 0.1) is 0 Å². The molecule has 62 valence electrons. The fraction of sp³-hybridized carbons (Fsp3) is 0.600. The average Bonchev–Trinajstić information content (AvgIpc) is 2.33. The number of carbonyl (C=O) groups is 2. The van der Waals surface area contributed by atoms with Crippen molar-refractivity contribution in [3.05, 3.63) is 0 Å². The Morgan fingerprint density at radius 3 is 2.82 bits per heavy atom. The van der Waals surface area contributed by atoms with Gasteiger partial charge in [0.2, 0.25) is 5.91 Å². The summed E-state index contributed by atoms with van der Waals surface area (Å²) in [6.45, 7) is 0.491. The molecule has 1 saturated heterocycles. The standard InChI is InChI=1S/C5H9N3O3/c6-8(5(10)11)3-1-2-7-4(3)9/h3H,1-2,6H2,(H,7,9)(H,10,11)/t3-/m0/s1. The summed E-state index contributed by atoms with van der Waals surface area (Å²) >= 11 is 0. The topological polar surface area (TPSA) is 95.7 Å². The monoisotopic (exact) mass is 159 g/mol. The molecule has 11 heavy (non-hydrogen) atoms. The maximum absolute atomic E-state index is 10.8. The predicted octanol–water partition coefficient (Wildman–Crippen LogP) is -1.27. The second kappa shape index (κ2) is 2.75. The van der Waals surface area contributed by atoms with Crippen LogP contribution in [0.15, 0.2) is 0 Å². The summed E-state index contributed by atoms with van der Waals surface area (Å²) in [5.41, 5.74) is 0. The van der Waals surface area contributed by atoms with Gasteiger partial charge < -0.3 is 10.4 Å². The fourth-order valence-corrected chi connectivity index (χ4v) is 0.980. The second-order valence-corrected chi connectivity index (χ2v) is 2.29. The Hall–Kier alpha value is -1.30. The first-order chi connectivity index (χ1) is 5.13. The van der Waals surface area contributed by atoms with Crippen molar-refractivity contribution in [1.29, 1.82) is 0 Å². The summed E-state index contributed by atoms with van der Waals surface area (Å²) in [4.78, 5) is 21.1. The number of hydrazine groups is 1. The van der Waals surface area contributed by atoms with E-state index in [1.165, 1.54) is 0 Å². The molecule has 1 fully saturated rings. The van der Waals surface area contributed by atoms with Crippen LogP contribution in [0.1, 0.15) is 6.42 Å². The van der Waals surface area contributed by atoms with Crippen LogP contribution < -0.4 is 11.2 Å². The Bertz CT molecular complexity index is 193. The number of hydrogen-bond donors (Lipinski definition) is 3. The van der Waals surface area contributed by atoms with Crippen molar-refractivity contribution in [2.45, 2.75) is 12.5 Å². The maximum Gasteiger partial charge on any atom is 0.422 e. The van der Waals surface area contributed by atoms with Gasteiger partial charge in [-0.3, -0.25) is 4.79 Å². The molecule has 0 aromatic carbocycles. The van der Waals surface area contributed by atoms with Crippen LogP contribution in [0.3, 0.4) is 0 Å². The summed E-state index contributed by atoms with van der Waals surface area (Å²) < 4.78 is 0. The van der Waals surface area contributed by atoms with E-state index in [0.29, 0.717) is 18.0 Å². The van der Waals surface area contributed by atoms with Crippen LogP contribution in [-0.4, -0.2) is 34.7 Å². The number of carbonyl (C=O) groups excluding carboxylic acids is 1. The van der Waals surface area contributed by atoms with Crippen molar-refractivity contribution in [2.75, 3.05) is 6.54 Å². The van der Waals surface area contributed by atoms with Crippen LogP contribution in [0.4, 0.5) is 4.79 Å². The smallest absolute Gasteiger partial charge is 0.422 e. The van der Waals surface area contributed by atoms with Gasteiger partial charge in [0.25, 0.3) is 0 Å². The van der Waals surface area contributed by atoms with E-state index in [2.05, 4.69) is 5.32 Å². The number of carboxylic acid groups (broad SMARTS) is 1. The van der Waals surface area contributed by atoms with E-state index >= 15 is 0 Å². The fourth-order valence-electron chi connectivity index (χ4n) is 0.980. The van der Waals surface area contributed by atoms with Gasteiger partial charge >= 0.3 is 6.09 Å². The van der Waals surface area contributed by atoms with Gasteiger partial charge in [-0.2, -0.15) is 0 Å². The third kappa shape index (κ3) is 1.40. The zero-order chi connectivity index (χ0) is 8.43. The van der Waals surface area contributed by atoms with E-state index < -0.39 is 12.1 Å². The van der Waals surface area contributed by atoms with Gasteiger partial charge in [-0.25, -0.2) is 15.6 Å². The number of nitrogens with zero attached hydrogens (tertiary/aromatic N) is 1. The lowest BCUT2D eigenvalue weighted by atomic mass is 10.2. The van der Waals surface area contributed by atoms with E-state index in [0.717, 1.165) is 0 Å². The number of rotatable bonds is 1. The lowest BCUT2D eigenvalue weighted by molar-refractivity contribution is -0.123. The highest BCUT2D eigenvalue weighted by Crippen LogP contribution is 2.05. The summed E-state index contributed by atoms with van der Waals surface area (Å²) in [5.74, 6) is 4.76.